The van der Waals surface area contributed by atoms with Crippen molar-refractivity contribution >= 4 is 23.6 Å². The van der Waals surface area contributed by atoms with Crippen molar-refractivity contribution in [2.45, 2.75) is 27.2 Å². The third-order valence-electron chi connectivity index (χ3n) is 1.71. The van der Waals surface area contributed by atoms with E-state index in [-0.39, 0.29) is 0 Å². The molecule has 0 aromatic carbocycles. The monoisotopic (exact) mass is 232 g/mol. The number of carbonyl (C=O) groups excluding carboxylic acids is 1. The van der Waals surface area contributed by atoms with Gasteiger partial charge in [0.2, 0.25) is 0 Å². The van der Waals surface area contributed by atoms with Gasteiger partial charge in [0.15, 0.2) is 0 Å². The van der Waals surface area contributed by atoms with Gasteiger partial charge in [-0.25, -0.2) is 4.79 Å². The average Bonchev–Trinajstić information content (AvgIpc) is 2.22. The van der Waals surface area contributed by atoms with Crippen LogP contribution in [0.4, 0.5) is 4.79 Å². The third-order valence-corrected chi connectivity index (χ3v) is 2.91. The molecule has 15 heavy (non-hydrogen) atoms. The molecule has 0 radical (unpaired) electrons. The van der Waals surface area contributed by atoms with Gasteiger partial charge in [0.05, 0.1) is 5.71 Å². The number of amides is 1. The highest BCUT2D eigenvalue weighted by Crippen LogP contribution is 2.08. The minimum Gasteiger partial charge on any atom is -0.323 e. The van der Waals surface area contributed by atoms with Crippen LogP contribution >= 0.6 is 11.8 Å². The topological polar surface area (TPSA) is 50.7 Å². The third kappa shape index (κ3) is 7.25. The number of hydrogen-bond acceptors (Lipinski definition) is 4. The molecule has 0 atom stereocenters. The van der Waals surface area contributed by atoms with E-state index in [1.54, 1.807) is 11.8 Å². The van der Waals surface area contributed by atoms with E-state index < -0.39 is 6.09 Å². The van der Waals surface area contributed by atoms with E-state index >= 15 is 0 Å². The van der Waals surface area contributed by atoms with Crippen LogP contribution in [0.5, 0.6) is 0 Å². The van der Waals surface area contributed by atoms with E-state index in [1.165, 1.54) is 7.05 Å². The first-order valence-electron chi connectivity index (χ1n) is 5.15. The first-order valence-corrected chi connectivity index (χ1v) is 6.30. The van der Waals surface area contributed by atoms with Crippen molar-refractivity contribution in [1.82, 2.24) is 5.32 Å². The number of hydrogen-bond donors (Lipinski definition) is 1. The van der Waals surface area contributed by atoms with Crippen LogP contribution in [-0.2, 0) is 4.84 Å². The Kier molecular flexibility index (Phi) is 8.18. The summed E-state index contributed by atoms with van der Waals surface area (Å²) in [7, 11) is 1.51. The van der Waals surface area contributed by atoms with Gasteiger partial charge in [0.25, 0.3) is 0 Å². The lowest BCUT2D eigenvalue weighted by Crippen LogP contribution is -2.19. The molecule has 0 aliphatic rings. The number of rotatable bonds is 6. The molecule has 0 aromatic rings. The van der Waals surface area contributed by atoms with Gasteiger partial charge < -0.3 is 5.32 Å². The van der Waals surface area contributed by atoms with E-state index in [9.17, 15) is 4.79 Å². The molecule has 88 valence electrons. The Morgan fingerprint density at radius 2 is 2.20 bits per heavy atom. The Morgan fingerprint density at radius 1 is 1.53 bits per heavy atom. The maximum atomic E-state index is 10.8. The van der Waals surface area contributed by atoms with Crippen molar-refractivity contribution in [3.8, 4) is 0 Å². The van der Waals surface area contributed by atoms with Gasteiger partial charge in [-0.15, -0.1) is 0 Å². The lowest BCUT2D eigenvalue weighted by atomic mass is 10.1. The number of thioether (sulfide) groups is 1. The Hall–Kier alpha value is -0.710. The van der Waals surface area contributed by atoms with Crippen LogP contribution in [0.25, 0.3) is 0 Å². The van der Waals surface area contributed by atoms with Gasteiger partial charge >= 0.3 is 6.09 Å². The minimum atomic E-state index is -0.520. The Labute approximate surface area is 95.8 Å². The summed E-state index contributed by atoms with van der Waals surface area (Å²) in [5, 5.41) is 6.20. The number of carbonyl (C=O) groups is 1. The predicted octanol–water partition coefficient (Wildman–Crippen LogP) is 2.50. The second-order valence-electron chi connectivity index (χ2n) is 3.42. The normalized spacial score (nSPS) is 11.7. The van der Waals surface area contributed by atoms with E-state index in [4.69, 9.17) is 0 Å². The molecule has 0 bridgehead atoms. The summed E-state index contributed by atoms with van der Waals surface area (Å²) in [4.78, 5) is 15.5. The van der Waals surface area contributed by atoms with Gasteiger partial charge in [-0.05, 0) is 18.1 Å². The van der Waals surface area contributed by atoms with Crippen molar-refractivity contribution in [3.05, 3.63) is 0 Å². The molecule has 0 rings (SSSR count). The molecule has 4 nitrogen and oxygen atoms in total. The molecule has 0 unspecified atom stereocenters. The summed E-state index contributed by atoms with van der Waals surface area (Å²) < 4.78 is 0. The molecule has 0 aliphatic heterocycles. The van der Waals surface area contributed by atoms with E-state index in [2.05, 4.69) is 22.2 Å². The largest absolute Gasteiger partial charge is 0.433 e. The molecule has 0 aliphatic carbocycles. The Bertz CT molecular complexity index is 217. The fourth-order valence-electron chi connectivity index (χ4n) is 0.765. The lowest BCUT2D eigenvalue weighted by Gasteiger charge is -2.08. The van der Waals surface area contributed by atoms with Gasteiger partial charge in [-0.1, -0.05) is 25.9 Å². The standard InChI is InChI=1S/C10H20N2O2S/c1-5-6-15-7-9(8(2)3)12-14-10(13)11-4/h8H,5-7H2,1-4H3,(H,11,13). The van der Waals surface area contributed by atoms with Crippen LogP contribution in [0, 0.1) is 5.92 Å². The van der Waals surface area contributed by atoms with Crippen molar-refractivity contribution in [2.75, 3.05) is 18.6 Å². The SMILES string of the molecule is CCCSCC(=NOC(=O)NC)C(C)C. The van der Waals surface area contributed by atoms with E-state index in [0.29, 0.717) is 5.92 Å². The first-order chi connectivity index (χ1) is 7.11. The summed E-state index contributed by atoms with van der Waals surface area (Å²) >= 11 is 1.81. The first kappa shape index (κ1) is 14.3. The molecule has 5 heteroatoms. The van der Waals surface area contributed by atoms with E-state index in [0.717, 1.165) is 23.6 Å². The van der Waals surface area contributed by atoms with Crippen LogP contribution in [0.1, 0.15) is 27.2 Å². The van der Waals surface area contributed by atoms with Gasteiger partial charge in [0, 0.05) is 12.8 Å². The summed E-state index contributed by atoms with van der Waals surface area (Å²) in [6.45, 7) is 6.22. The molecular formula is C10H20N2O2S. The molecule has 0 saturated carbocycles. The zero-order valence-electron chi connectivity index (χ0n) is 9.87. The summed E-state index contributed by atoms with van der Waals surface area (Å²) in [6, 6.07) is 0. The zero-order valence-corrected chi connectivity index (χ0v) is 10.7. The molecular weight excluding hydrogens is 212 g/mol. The molecule has 0 spiro atoms. The summed E-state index contributed by atoms with van der Waals surface area (Å²) in [5.74, 6) is 2.23. The molecule has 0 fully saturated rings. The van der Waals surface area contributed by atoms with Gasteiger partial charge in [-0.2, -0.15) is 11.8 Å². The van der Waals surface area contributed by atoms with E-state index in [1.807, 2.05) is 13.8 Å². The van der Waals surface area contributed by atoms with Crippen molar-refractivity contribution in [2.24, 2.45) is 11.1 Å². The van der Waals surface area contributed by atoms with Crippen LogP contribution in [0.2, 0.25) is 0 Å². The molecule has 0 heterocycles. The second kappa shape index (κ2) is 8.59. The van der Waals surface area contributed by atoms with Crippen molar-refractivity contribution < 1.29 is 9.63 Å². The number of nitrogens with zero attached hydrogens (tertiary/aromatic N) is 1. The average molecular weight is 232 g/mol. The minimum absolute atomic E-state index is 0.305. The lowest BCUT2D eigenvalue weighted by molar-refractivity contribution is 0.152. The predicted molar refractivity (Wildman–Crippen MR) is 65.4 cm³/mol. The maximum Gasteiger partial charge on any atom is 0.433 e. The van der Waals surface area contributed by atoms with Crippen LogP contribution in [0.15, 0.2) is 5.16 Å². The molecule has 1 N–H and O–H groups in total. The number of nitrogens with one attached hydrogen (secondary N) is 1. The quantitative estimate of drug-likeness (QED) is 0.331. The molecule has 1 amide bonds. The fraction of sp³-hybridized carbons (Fsp3) is 0.800. The van der Waals surface area contributed by atoms with Crippen LogP contribution in [-0.4, -0.2) is 30.4 Å². The van der Waals surface area contributed by atoms with Crippen molar-refractivity contribution in [1.29, 1.82) is 0 Å². The maximum absolute atomic E-state index is 10.8. The Morgan fingerprint density at radius 3 is 2.67 bits per heavy atom. The molecule has 0 aromatic heterocycles. The van der Waals surface area contributed by atoms with Gasteiger partial charge in [0.1, 0.15) is 0 Å². The van der Waals surface area contributed by atoms with Gasteiger partial charge in [-0.3, -0.25) is 4.84 Å². The van der Waals surface area contributed by atoms with Crippen LogP contribution in [0.3, 0.4) is 0 Å². The summed E-state index contributed by atoms with van der Waals surface area (Å²) in [6.07, 6.45) is 0.625. The number of oxime groups is 1. The fourth-order valence-corrected chi connectivity index (χ4v) is 1.79. The highest BCUT2D eigenvalue weighted by atomic mass is 32.2. The Balaban J connectivity index is 4.07. The van der Waals surface area contributed by atoms with Crippen molar-refractivity contribution in [3.63, 3.8) is 0 Å². The smallest absolute Gasteiger partial charge is 0.323 e. The molecule has 0 saturated heterocycles. The highest BCUT2D eigenvalue weighted by molar-refractivity contribution is 7.99. The summed E-state index contributed by atoms with van der Waals surface area (Å²) in [5.41, 5.74) is 0.914. The highest BCUT2D eigenvalue weighted by Gasteiger charge is 2.07. The zero-order chi connectivity index (χ0) is 11.7. The second-order valence-corrected chi connectivity index (χ2v) is 4.52. The van der Waals surface area contributed by atoms with Crippen LogP contribution < -0.4 is 5.32 Å².